The minimum Gasteiger partial charge on any atom is -0.392 e. The normalized spacial score (nSPS) is 12.6. The highest BCUT2D eigenvalue weighted by Crippen LogP contribution is 2.18. The average molecular weight is 309 g/mol. The lowest BCUT2D eigenvalue weighted by atomic mass is 10.0. The Morgan fingerprint density at radius 2 is 2.11 bits per heavy atom. The molecule has 1 heterocycles. The van der Waals surface area contributed by atoms with Crippen LogP contribution in [-0.4, -0.2) is 21.0 Å². The van der Waals surface area contributed by atoms with Crippen LogP contribution in [-0.2, 0) is 19.4 Å². The van der Waals surface area contributed by atoms with Crippen LogP contribution in [0.2, 0.25) is 0 Å². The first-order valence-electron chi connectivity index (χ1n) is 6.12. The van der Waals surface area contributed by atoms with Gasteiger partial charge in [0, 0.05) is 23.6 Å². The molecule has 0 bridgehead atoms. The molecule has 3 nitrogen and oxygen atoms in total. The van der Waals surface area contributed by atoms with E-state index in [9.17, 15) is 5.11 Å². The molecule has 96 valence electrons. The summed E-state index contributed by atoms with van der Waals surface area (Å²) in [6.07, 6.45) is 4.73. The summed E-state index contributed by atoms with van der Waals surface area (Å²) >= 11 is 3.50. The fourth-order valence-corrected chi connectivity index (χ4v) is 2.39. The van der Waals surface area contributed by atoms with Gasteiger partial charge in [-0.05, 0) is 30.5 Å². The van der Waals surface area contributed by atoms with E-state index in [4.69, 9.17) is 0 Å². The van der Waals surface area contributed by atoms with Crippen molar-refractivity contribution in [2.75, 3.05) is 0 Å². The lowest BCUT2D eigenvalue weighted by Gasteiger charge is -2.10. The number of aryl methyl sites for hydroxylation is 1. The maximum absolute atomic E-state index is 10.1. The molecule has 0 fully saturated rings. The Balaban J connectivity index is 1.96. The molecule has 1 aromatic heterocycles. The third kappa shape index (κ3) is 3.43. The van der Waals surface area contributed by atoms with Crippen LogP contribution in [0.25, 0.3) is 0 Å². The van der Waals surface area contributed by atoms with Gasteiger partial charge in [-0.25, -0.2) is 0 Å². The fourth-order valence-electron chi connectivity index (χ4n) is 1.95. The summed E-state index contributed by atoms with van der Waals surface area (Å²) in [4.78, 5) is 0. The SMILES string of the molecule is CCn1cc(CC(O)Cc2ccccc2Br)cn1. The molecule has 0 aliphatic rings. The van der Waals surface area contributed by atoms with Gasteiger partial charge >= 0.3 is 0 Å². The van der Waals surface area contributed by atoms with E-state index in [0.29, 0.717) is 12.8 Å². The number of aliphatic hydroxyl groups excluding tert-OH is 1. The number of hydrogen-bond acceptors (Lipinski definition) is 2. The summed E-state index contributed by atoms with van der Waals surface area (Å²) < 4.78 is 2.92. The molecule has 2 aromatic rings. The van der Waals surface area contributed by atoms with Gasteiger partial charge in [0.25, 0.3) is 0 Å². The van der Waals surface area contributed by atoms with Crippen LogP contribution in [0.1, 0.15) is 18.1 Å². The molecule has 0 saturated carbocycles. The van der Waals surface area contributed by atoms with Crippen molar-refractivity contribution < 1.29 is 5.11 Å². The van der Waals surface area contributed by atoms with Gasteiger partial charge < -0.3 is 5.11 Å². The maximum atomic E-state index is 10.1. The minimum absolute atomic E-state index is 0.377. The Hall–Kier alpha value is -1.13. The summed E-state index contributed by atoms with van der Waals surface area (Å²) in [5.74, 6) is 0. The lowest BCUT2D eigenvalue weighted by Crippen LogP contribution is -2.13. The van der Waals surface area contributed by atoms with E-state index in [1.807, 2.05) is 48.3 Å². The second-order valence-electron chi connectivity index (χ2n) is 4.36. The molecular formula is C14H17BrN2O. The van der Waals surface area contributed by atoms with Crippen molar-refractivity contribution in [2.24, 2.45) is 0 Å². The number of halogens is 1. The predicted octanol–water partition coefficient (Wildman–Crippen LogP) is 2.81. The Labute approximate surface area is 116 Å². The molecule has 4 heteroatoms. The fraction of sp³-hybridized carbons (Fsp3) is 0.357. The van der Waals surface area contributed by atoms with E-state index in [1.54, 1.807) is 0 Å². The molecule has 0 spiro atoms. The molecule has 1 aromatic carbocycles. The van der Waals surface area contributed by atoms with Crippen molar-refractivity contribution in [3.63, 3.8) is 0 Å². The third-order valence-electron chi connectivity index (χ3n) is 2.90. The third-order valence-corrected chi connectivity index (χ3v) is 3.67. The number of benzene rings is 1. The molecule has 0 amide bonds. The van der Waals surface area contributed by atoms with Gasteiger partial charge in [0.15, 0.2) is 0 Å². The predicted molar refractivity (Wildman–Crippen MR) is 75.5 cm³/mol. The highest BCUT2D eigenvalue weighted by Gasteiger charge is 2.10. The first-order valence-corrected chi connectivity index (χ1v) is 6.91. The Morgan fingerprint density at radius 3 is 2.78 bits per heavy atom. The van der Waals surface area contributed by atoms with Crippen molar-refractivity contribution in [3.8, 4) is 0 Å². The van der Waals surface area contributed by atoms with E-state index in [2.05, 4.69) is 21.0 Å². The second-order valence-corrected chi connectivity index (χ2v) is 5.21. The molecule has 1 unspecified atom stereocenters. The number of aliphatic hydroxyl groups is 1. The zero-order chi connectivity index (χ0) is 13.0. The molecule has 1 atom stereocenters. The Bertz CT molecular complexity index is 510. The van der Waals surface area contributed by atoms with Crippen LogP contribution in [0.3, 0.4) is 0 Å². The van der Waals surface area contributed by atoms with Crippen molar-refractivity contribution in [3.05, 3.63) is 52.3 Å². The van der Waals surface area contributed by atoms with Crippen LogP contribution in [0.4, 0.5) is 0 Å². The lowest BCUT2D eigenvalue weighted by molar-refractivity contribution is 0.175. The van der Waals surface area contributed by atoms with E-state index >= 15 is 0 Å². The van der Waals surface area contributed by atoms with Crippen LogP contribution in [0.5, 0.6) is 0 Å². The summed E-state index contributed by atoms with van der Waals surface area (Å²) in [5, 5.41) is 14.3. The molecule has 0 saturated heterocycles. The van der Waals surface area contributed by atoms with E-state index in [1.165, 1.54) is 0 Å². The molecule has 0 aliphatic carbocycles. The van der Waals surface area contributed by atoms with Crippen LogP contribution < -0.4 is 0 Å². The van der Waals surface area contributed by atoms with Crippen molar-refractivity contribution in [1.82, 2.24) is 9.78 Å². The minimum atomic E-state index is -0.377. The Kier molecular flexibility index (Phi) is 4.55. The summed E-state index contributed by atoms with van der Waals surface area (Å²) in [6, 6.07) is 7.99. The Morgan fingerprint density at radius 1 is 1.33 bits per heavy atom. The van der Waals surface area contributed by atoms with Crippen LogP contribution in [0, 0.1) is 0 Å². The first kappa shape index (κ1) is 13.3. The van der Waals surface area contributed by atoms with Gasteiger partial charge in [0.1, 0.15) is 0 Å². The average Bonchev–Trinajstić information content (AvgIpc) is 2.80. The van der Waals surface area contributed by atoms with Crippen LogP contribution >= 0.6 is 15.9 Å². The van der Waals surface area contributed by atoms with Crippen molar-refractivity contribution >= 4 is 15.9 Å². The molecule has 18 heavy (non-hydrogen) atoms. The summed E-state index contributed by atoms with van der Waals surface area (Å²) in [7, 11) is 0. The first-order chi connectivity index (χ1) is 8.69. The molecule has 0 aliphatic heterocycles. The van der Waals surface area contributed by atoms with E-state index < -0.39 is 0 Å². The van der Waals surface area contributed by atoms with Gasteiger partial charge in [-0.1, -0.05) is 34.1 Å². The zero-order valence-corrected chi connectivity index (χ0v) is 12.0. The number of hydrogen-bond donors (Lipinski definition) is 1. The maximum Gasteiger partial charge on any atom is 0.0622 e. The molecule has 1 N–H and O–H groups in total. The summed E-state index contributed by atoms with van der Waals surface area (Å²) in [5.41, 5.74) is 2.21. The monoisotopic (exact) mass is 308 g/mol. The smallest absolute Gasteiger partial charge is 0.0622 e. The van der Waals surface area contributed by atoms with Crippen molar-refractivity contribution in [2.45, 2.75) is 32.4 Å². The second kappa shape index (κ2) is 6.16. The van der Waals surface area contributed by atoms with Gasteiger partial charge in [-0.3, -0.25) is 4.68 Å². The van der Waals surface area contributed by atoms with Gasteiger partial charge in [-0.2, -0.15) is 5.10 Å². The highest BCUT2D eigenvalue weighted by atomic mass is 79.9. The number of aromatic nitrogens is 2. The molecular weight excluding hydrogens is 292 g/mol. The molecule has 2 rings (SSSR count). The number of rotatable bonds is 5. The van der Waals surface area contributed by atoms with Crippen LogP contribution in [0.15, 0.2) is 41.1 Å². The largest absolute Gasteiger partial charge is 0.392 e. The number of nitrogens with zero attached hydrogens (tertiary/aromatic N) is 2. The summed E-state index contributed by atoms with van der Waals surface area (Å²) in [6.45, 7) is 2.91. The molecule has 0 radical (unpaired) electrons. The van der Waals surface area contributed by atoms with Crippen molar-refractivity contribution in [1.29, 1.82) is 0 Å². The topological polar surface area (TPSA) is 38.0 Å². The van der Waals surface area contributed by atoms with Gasteiger partial charge in [-0.15, -0.1) is 0 Å². The van der Waals surface area contributed by atoms with Gasteiger partial charge in [0.2, 0.25) is 0 Å². The van der Waals surface area contributed by atoms with Gasteiger partial charge in [0.05, 0.1) is 12.3 Å². The zero-order valence-electron chi connectivity index (χ0n) is 10.4. The van der Waals surface area contributed by atoms with E-state index in [-0.39, 0.29) is 6.10 Å². The van der Waals surface area contributed by atoms with E-state index in [0.717, 1.165) is 22.1 Å². The highest BCUT2D eigenvalue weighted by molar-refractivity contribution is 9.10. The quantitative estimate of drug-likeness (QED) is 0.922. The standard InChI is InChI=1S/C14H17BrN2O/c1-2-17-10-11(9-16-17)7-13(18)8-12-5-3-4-6-14(12)15/h3-6,9-10,13,18H,2,7-8H2,1H3.